The lowest BCUT2D eigenvalue weighted by Gasteiger charge is -2.41. The van der Waals surface area contributed by atoms with Gasteiger partial charge < -0.3 is 14.9 Å². The number of anilines is 1. The lowest BCUT2D eigenvalue weighted by Crippen LogP contribution is -2.48. The molecule has 0 spiro atoms. The Labute approximate surface area is 98.6 Å². The lowest BCUT2D eigenvalue weighted by atomic mass is 9.75. The smallest absolute Gasteiger partial charge is 0.217 e. The average Bonchev–Trinajstić information content (AvgIpc) is 2.76. The number of nitrogens with two attached hydrogens (primary N) is 1. The van der Waals surface area contributed by atoms with Crippen LogP contribution in [0.2, 0.25) is 0 Å². The first-order chi connectivity index (χ1) is 8.28. The van der Waals surface area contributed by atoms with E-state index in [2.05, 4.69) is 16.3 Å². The second-order valence-corrected chi connectivity index (χ2v) is 4.41. The molecule has 1 aromatic carbocycles. The molecule has 3 rings (SSSR count). The summed E-state index contributed by atoms with van der Waals surface area (Å²) in [6, 6.07) is 7.89. The molecule has 5 heteroatoms. The number of nitrogens with zero attached hydrogens (tertiary/aromatic N) is 2. The summed E-state index contributed by atoms with van der Waals surface area (Å²) in [7, 11) is 0. The van der Waals surface area contributed by atoms with Crippen molar-refractivity contribution in [2.45, 2.75) is 11.8 Å². The Morgan fingerprint density at radius 2 is 2.24 bits per heavy atom. The maximum atomic E-state index is 5.82. The Bertz CT molecular complexity index is 506. The fraction of sp³-hybridized carbons (Fsp3) is 0.333. The van der Waals surface area contributed by atoms with Gasteiger partial charge in [-0.3, -0.25) is 0 Å². The van der Waals surface area contributed by atoms with Crippen molar-refractivity contribution < 1.29 is 9.15 Å². The first-order valence-electron chi connectivity index (χ1n) is 5.47. The molecule has 2 heterocycles. The number of hydrogen-bond donors (Lipinski definition) is 1. The minimum Gasteiger partial charge on any atom is -0.428 e. The fourth-order valence-corrected chi connectivity index (χ4v) is 2.15. The molecule has 1 fully saturated rings. The van der Waals surface area contributed by atoms with Crippen LogP contribution in [0.5, 0.6) is 0 Å². The Morgan fingerprint density at radius 3 is 2.82 bits per heavy atom. The second kappa shape index (κ2) is 3.85. The van der Waals surface area contributed by atoms with Gasteiger partial charge in [0.2, 0.25) is 12.3 Å². The quantitative estimate of drug-likeness (QED) is 0.802. The van der Waals surface area contributed by atoms with E-state index in [-0.39, 0.29) is 5.41 Å². The topological polar surface area (TPSA) is 74.2 Å². The van der Waals surface area contributed by atoms with Gasteiger partial charge >= 0.3 is 0 Å². The van der Waals surface area contributed by atoms with Crippen LogP contribution >= 0.6 is 0 Å². The molecular weight excluding hydrogens is 218 g/mol. The van der Waals surface area contributed by atoms with Crippen molar-refractivity contribution in [3.63, 3.8) is 0 Å². The molecule has 1 saturated heterocycles. The minimum absolute atomic E-state index is 0.0675. The zero-order chi connectivity index (χ0) is 11.7. The summed E-state index contributed by atoms with van der Waals surface area (Å²) < 4.78 is 10.6. The largest absolute Gasteiger partial charge is 0.428 e. The van der Waals surface area contributed by atoms with Gasteiger partial charge in [-0.2, -0.15) is 0 Å². The molecule has 0 bridgehead atoms. The number of ether oxygens (including phenoxy) is 1. The van der Waals surface area contributed by atoms with Gasteiger partial charge in [-0.15, -0.1) is 10.2 Å². The van der Waals surface area contributed by atoms with Gasteiger partial charge in [-0.1, -0.05) is 12.1 Å². The van der Waals surface area contributed by atoms with Crippen molar-refractivity contribution in [2.75, 3.05) is 18.9 Å². The van der Waals surface area contributed by atoms with Crippen molar-refractivity contribution in [3.05, 3.63) is 42.1 Å². The van der Waals surface area contributed by atoms with Crippen LogP contribution in [0.1, 0.15) is 11.5 Å². The molecule has 2 N–H and O–H groups in total. The Balaban J connectivity index is 1.92. The number of rotatable bonds is 3. The van der Waals surface area contributed by atoms with Crippen LogP contribution in [0.25, 0.3) is 0 Å². The third-order valence-corrected chi connectivity index (χ3v) is 3.15. The molecule has 17 heavy (non-hydrogen) atoms. The maximum absolute atomic E-state index is 5.82. The third-order valence-electron chi connectivity index (χ3n) is 3.15. The highest BCUT2D eigenvalue weighted by atomic mass is 16.5. The summed E-state index contributed by atoms with van der Waals surface area (Å²) in [5.41, 5.74) is 7.68. The number of nitrogen functional groups attached to an aromatic ring is 1. The molecule has 1 aromatic heterocycles. The fourth-order valence-electron chi connectivity index (χ4n) is 2.15. The Hall–Kier alpha value is -1.88. The molecule has 2 aromatic rings. The van der Waals surface area contributed by atoms with Gasteiger partial charge in [0.05, 0.1) is 18.6 Å². The predicted octanol–water partition coefficient (Wildman–Crippen LogP) is 1.16. The van der Waals surface area contributed by atoms with E-state index in [1.54, 1.807) is 0 Å². The SMILES string of the molecule is Nc1cccc(C2(Cc3nnco3)COC2)c1. The second-order valence-electron chi connectivity index (χ2n) is 4.41. The zero-order valence-electron chi connectivity index (χ0n) is 9.30. The van der Waals surface area contributed by atoms with Crippen LogP contribution < -0.4 is 5.73 Å². The van der Waals surface area contributed by atoms with Crippen LogP contribution in [-0.2, 0) is 16.6 Å². The van der Waals surface area contributed by atoms with E-state index in [0.717, 1.165) is 5.69 Å². The van der Waals surface area contributed by atoms with Crippen molar-refractivity contribution in [1.82, 2.24) is 10.2 Å². The molecule has 0 aliphatic carbocycles. The number of hydrogen-bond acceptors (Lipinski definition) is 5. The van der Waals surface area contributed by atoms with Gasteiger partial charge in [0.25, 0.3) is 0 Å². The zero-order valence-corrected chi connectivity index (χ0v) is 9.30. The van der Waals surface area contributed by atoms with Crippen LogP contribution in [0.4, 0.5) is 5.69 Å². The molecule has 1 aliphatic rings. The first-order valence-corrected chi connectivity index (χ1v) is 5.47. The van der Waals surface area contributed by atoms with Gasteiger partial charge in [0, 0.05) is 12.1 Å². The molecule has 0 radical (unpaired) electrons. The van der Waals surface area contributed by atoms with Gasteiger partial charge in [-0.25, -0.2) is 0 Å². The molecule has 0 atom stereocenters. The normalized spacial score (nSPS) is 17.6. The summed E-state index contributed by atoms with van der Waals surface area (Å²) >= 11 is 0. The summed E-state index contributed by atoms with van der Waals surface area (Å²) in [5.74, 6) is 0.635. The Kier molecular flexibility index (Phi) is 2.33. The molecule has 88 valence electrons. The first kappa shape index (κ1) is 10.3. The summed E-state index contributed by atoms with van der Waals surface area (Å²) in [5, 5.41) is 7.62. The lowest BCUT2D eigenvalue weighted by molar-refractivity contribution is -0.0625. The molecule has 5 nitrogen and oxygen atoms in total. The van der Waals surface area contributed by atoms with Crippen molar-refractivity contribution in [1.29, 1.82) is 0 Å². The van der Waals surface area contributed by atoms with Crippen LogP contribution in [0.15, 0.2) is 35.1 Å². The monoisotopic (exact) mass is 231 g/mol. The summed E-state index contributed by atoms with van der Waals surface area (Å²) in [4.78, 5) is 0. The molecule has 0 amide bonds. The van der Waals surface area contributed by atoms with Crippen LogP contribution in [0.3, 0.4) is 0 Å². The van der Waals surface area contributed by atoms with Crippen LogP contribution in [-0.4, -0.2) is 23.4 Å². The third kappa shape index (κ3) is 1.78. The minimum atomic E-state index is -0.0675. The van der Waals surface area contributed by atoms with Crippen LogP contribution in [0, 0.1) is 0 Å². The molecule has 0 saturated carbocycles. The highest BCUT2D eigenvalue weighted by Gasteiger charge is 2.41. The molecular formula is C12H13N3O2. The van der Waals surface area contributed by atoms with Crippen molar-refractivity contribution in [3.8, 4) is 0 Å². The standard InChI is InChI=1S/C12H13N3O2/c13-10-3-1-2-9(4-10)12(6-16-7-12)5-11-15-14-8-17-11/h1-4,8H,5-7,13H2. The maximum Gasteiger partial charge on any atom is 0.217 e. The van der Waals surface area contributed by atoms with Crippen molar-refractivity contribution >= 4 is 5.69 Å². The summed E-state index contributed by atoms with van der Waals surface area (Å²) in [6.45, 7) is 1.33. The van der Waals surface area contributed by atoms with E-state index in [0.29, 0.717) is 25.5 Å². The number of benzene rings is 1. The van der Waals surface area contributed by atoms with E-state index >= 15 is 0 Å². The van der Waals surface area contributed by atoms with E-state index in [4.69, 9.17) is 14.9 Å². The van der Waals surface area contributed by atoms with Gasteiger partial charge in [-0.05, 0) is 17.7 Å². The highest BCUT2D eigenvalue weighted by molar-refractivity contribution is 5.44. The highest BCUT2D eigenvalue weighted by Crippen LogP contribution is 2.36. The van der Waals surface area contributed by atoms with Gasteiger partial charge in [0.1, 0.15) is 0 Å². The summed E-state index contributed by atoms with van der Waals surface area (Å²) in [6.07, 6.45) is 2.04. The van der Waals surface area contributed by atoms with E-state index < -0.39 is 0 Å². The van der Waals surface area contributed by atoms with Crippen molar-refractivity contribution in [2.24, 2.45) is 0 Å². The van der Waals surface area contributed by atoms with E-state index in [9.17, 15) is 0 Å². The van der Waals surface area contributed by atoms with E-state index in [1.807, 2.05) is 18.2 Å². The predicted molar refractivity (Wildman–Crippen MR) is 61.4 cm³/mol. The Morgan fingerprint density at radius 1 is 1.35 bits per heavy atom. The van der Waals surface area contributed by atoms with Gasteiger partial charge in [0.15, 0.2) is 0 Å². The molecule has 1 aliphatic heterocycles. The molecule has 0 unspecified atom stereocenters. The average molecular weight is 231 g/mol. The van der Waals surface area contributed by atoms with E-state index in [1.165, 1.54) is 12.0 Å². The number of aromatic nitrogens is 2.